The number of nitrogens with one attached hydrogen (secondary N) is 2. The van der Waals surface area contributed by atoms with Crippen LogP contribution < -0.4 is 10.6 Å². The quantitative estimate of drug-likeness (QED) is 0.281. The van der Waals surface area contributed by atoms with Crippen LogP contribution in [0, 0.1) is 0 Å². The zero-order valence-corrected chi connectivity index (χ0v) is 19.5. The van der Waals surface area contributed by atoms with Crippen molar-refractivity contribution in [2.45, 2.75) is 20.0 Å². The first kappa shape index (κ1) is 22.6. The molecule has 0 saturated heterocycles. The highest BCUT2D eigenvalue weighted by Crippen LogP contribution is 2.24. The van der Waals surface area contributed by atoms with Gasteiger partial charge in [0.1, 0.15) is 5.15 Å². The number of aromatic nitrogens is 3. The molecule has 0 aliphatic rings. The van der Waals surface area contributed by atoms with Gasteiger partial charge in [0.2, 0.25) is 0 Å². The molecule has 0 amide bonds. The van der Waals surface area contributed by atoms with Crippen LogP contribution in [0.2, 0.25) is 10.2 Å². The van der Waals surface area contributed by atoms with Crippen LogP contribution in [0.15, 0.2) is 53.7 Å². The van der Waals surface area contributed by atoms with E-state index in [9.17, 15) is 0 Å². The summed E-state index contributed by atoms with van der Waals surface area (Å²) in [6, 6.07) is 13.8. The predicted octanol–water partition coefficient (Wildman–Crippen LogP) is 4.39. The van der Waals surface area contributed by atoms with Crippen molar-refractivity contribution in [2.24, 2.45) is 12.0 Å². The van der Waals surface area contributed by atoms with Crippen LogP contribution >= 0.6 is 47.2 Å². The fourth-order valence-corrected chi connectivity index (χ4v) is 3.02. The van der Waals surface area contributed by atoms with Crippen LogP contribution in [0.1, 0.15) is 18.3 Å². The first-order valence-electron chi connectivity index (χ1n) is 8.70. The second-order valence-electron chi connectivity index (χ2n) is 5.97. The summed E-state index contributed by atoms with van der Waals surface area (Å²) >= 11 is 12.2. The van der Waals surface area contributed by atoms with Gasteiger partial charge in [-0.05, 0) is 31.2 Å². The molecule has 0 aliphatic heterocycles. The fourth-order valence-electron chi connectivity index (χ4n) is 2.61. The van der Waals surface area contributed by atoms with Gasteiger partial charge in [-0.1, -0.05) is 41.4 Å². The molecule has 6 nitrogen and oxygen atoms in total. The van der Waals surface area contributed by atoms with Crippen LogP contribution in [0.3, 0.4) is 0 Å². The summed E-state index contributed by atoms with van der Waals surface area (Å²) < 4.78 is 3.70. The highest BCUT2D eigenvalue weighted by Gasteiger charge is 2.09. The van der Waals surface area contributed by atoms with Crippen molar-refractivity contribution < 1.29 is 0 Å². The summed E-state index contributed by atoms with van der Waals surface area (Å²) in [6.07, 6.45) is 1.94. The lowest BCUT2D eigenvalue weighted by Gasteiger charge is -2.11. The van der Waals surface area contributed by atoms with E-state index in [2.05, 4.69) is 20.7 Å². The summed E-state index contributed by atoms with van der Waals surface area (Å²) in [5, 5.41) is 12.2. The van der Waals surface area contributed by atoms with Gasteiger partial charge in [0, 0.05) is 25.5 Å². The molecule has 2 heterocycles. The van der Waals surface area contributed by atoms with Crippen LogP contribution in [0.5, 0.6) is 0 Å². The monoisotopic (exact) mass is 532 g/mol. The third kappa shape index (κ3) is 5.65. The predicted molar refractivity (Wildman–Crippen MR) is 126 cm³/mol. The van der Waals surface area contributed by atoms with Gasteiger partial charge in [-0.25, -0.2) is 9.67 Å². The van der Waals surface area contributed by atoms with Crippen molar-refractivity contribution in [1.29, 1.82) is 0 Å². The van der Waals surface area contributed by atoms with Gasteiger partial charge in [-0.15, -0.1) is 24.0 Å². The zero-order valence-electron chi connectivity index (χ0n) is 15.7. The Bertz CT molecular complexity index is 920. The Morgan fingerprint density at radius 2 is 1.89 bits per heavy atom. The van der Waals surface area contributed by atoms with E-state index in [0.29, 0.717) is 29.2 Å². The summed E-state index contributed by atoms with van der Waals surface area (Å²) in [4.78, 5) is 4.61. The fraction of sp³-hybridized carbons (Fsp3) is 0.263. The van der Waals surface area contributed by atoms with E-state index in [-0.39, 0.29) is 24.0 Å². The lowest BCUT2D eigenvalue weighted by molar-refractivity contribution is 0.749. The number of hydrogen-bond donors (Lipinski definition) is 2. The maximum absolute atomic E-state index is 6.12. The lowest BCUT2D eigenvalue weighted by atomic mass is 10.3. The normalized spacial score (nSPS) is 11.2. The molecular formula is C19H23Cl2IN6. The van der Waals surface area contributed by atoms with Crippen molar-refractivity contribution >= 4 is 53.1 Å². The first-order chi connectivity index (χ1) is 13.1. The van der Waals surface area contributed by atoms with Gasteiger partial charge in [-0.3, -0.25) is 0 Å². The maximum Gasteiger partial charge on any atom is 0.191 e. The Labute approximate surface area is 192 Å². The average Bonchev–Trinajstić information content (AvgIpc) is 3.25. The number of aliphatic imine (C=N–C) groups is 1. The molecule has 9 heteroatoms. The van der Waals surface area contributed by atoms with E-state index in [1.807, 2.05) is 71.9 Å². The molecule has 0 fully saturated rings. The van der Waals surface area contributed by atoms with Crippen LogP contribution in [-0.2, 0) is 20.1 Å². The topological polar surface area (TPSA) is 59.2 Å². The number of para-hydroxylation sites is 1. The molecule has 0 saturated carbocycles. The van der Waals surface area contributed by atoms with Gasteiger partial charge in [-0.2, -0.15) is 5.10 Å². The standard InChI is InChI=1S/C19H22Cl2N6.HI/c1-3-22-19(24-13-16-11-17(20)18(21)26(16)2)23-12-14-9-10-27(25-14)15-7-5-4-6-8-15;/h4-11H,3,12-13H2,1-2H3,(H2,22,23,24);1H. The van der Waals surface area contributed by atoms with E-state index >= 15 is 0 Å². The number of rotatable bonds is 6. The van der Waals surface area contributed by atoms with Crippen LogP contribution in [0.25, 0.3) is 5.69 Å². The molecule has 28 heavy (non-hydrogen) atoms. The number of hydrogen-bond acceptors (Lipinski definition) is 2. The molecule has 0 unspecified atom stereocenters. The molecule has 2 N–H and O–H groups in total. The highest BCUT2D eigenvalue weighted by molar-refractivity contribution is 14.0. The van der Waals surface area contributed by atoms with Crippen molar-refractivity contribution in [3.8, 4) is 5.69 Å². The molecule has 0 atom stereocenters. The lowest BCUT2D eigenvalue weighted by Crippen LogP contribution is -2.37. The largest absolute Gasteiger partial charge is 0.357 e. The molecule has 0 radical (unpaired) electrons. The number of benzene rings is 1. The van der Waals surface area contributed by atoms with Crippen molar-refractivity contribution in [3.05, 3.63) is 70.2 Å². The van der Waals surface area contributed by atoms with Gasteiger partial charge in [0.25, 0.3) is 0 Å². The molecule has 3 aromatic rings. The first-order valence-corrected chi connectivity index (χ1v) is 9.45. The number of halogens is 3. The number of guanidine groups is 1. The highest BCUT2D eigenvalue weighted by atomic mass is 127. The molecule has 150 valence electrons. The molecule has 2 aromatic heterocycles. The van der Waals surface area contributed by atoms with E-state index in [1.54, 1.807) is 0 Å². The Balaban J connectivity index is 0.00000280. The SMILES string of the molecule is CCNC(=NCc1ccn(-c2ccccc2)n1)NCc1cc(Cl)c(Cl)n1C.I. The summed E-state index contributed by atoms with van der Waals surface area (Å²) in [7, 11) is 1.88. The van der Waals surface area contributed by atoms with Crippen molar-refractivity contribution in [3.63, 3.8) is 0 Å². The van der Waals surface area contributed by atoms with Gasteiger partial charge in [0.15, 0.2) is 5.96 Å². The minimum Gasteiger partial charge on any atom is -0.357 e. The molecule has 0 aliphatic carbocycles. The minimum atomic E-state index is 0. The maximum atomic E-state index is 6.12. The third-order valence-electron chi connectivity index (χ3n) is 4.06. The molecular weight excluding hydrogens is 510 g/mol. The van der Waals surface area contributed by atoms with Gasteiger partial charge in [0.05, 0.1) is 29.5 Å². The third-order valence-corrected chi connectivity index (χ3v) is 4.90. The molecule has 0 spiro atoms. The van der Waals surface area contributed by atoms with Crippen LogP contribution in [-0.4, -0.2) is 26.9 Å². The average molecular weight is 533 g/mol. The van der Waals surface area contributed by atoms with Crippen molar-refractivity contribution in [1.82, 2.24) is 25.0 Å². The van der Waals surface area contributed by atoms with E-state index in [1.165, 1.54) is 0 Å². The molecule has 1 aromatic carbocycles. The Morgan fingerprint density at radius 1 is 1.14 bits per heavy atom. The second kappa shape index (κ2) is 10.7. The van der Waals surface area contributed by atoms with Gasteiger partial charge < -0.3 is 15.2 Å². The zero-order chi connectivity index (χ0) is 19.2. The van der Waals surface area contributed by atoms with Crippen molar-refractivity contribution in [2.75, 3.05) is 6.54 Å². The summed E-state index contributed by atoms with van der Waals surface area (Å²) in [6.45, 7) is 3.83. The van der Waals surface area contributed by atoms with E-state index < -0.39 is 0 Å². The summed E-state index contributed by atoms with van der Waals surface area (Å²) in [5.41, 5.74) is 2.89. The van der Waals surface area contributed by atoms with E-state index in [0.717, 1.165) is 23.6 Å². The molecule has 3 rings (SSSR count). The van der Waals surface area contributed by atoms with E-state index in [4.69, 9.17) is 23.2 Å². The Kier molecular flexibility index (Phi) is 8.65. The second-order valence-corrected chi connectivity index (χ2v) is 6.73. The van der Waals surface area contributed by atoms with Gasteiger partial charge >= 0.3 is 0 Å². The Hall–Kier alpha value is -1.71. The smallest absolute Gasteiger partial charge is 0.191 e. The minimum absolute atomic E-state index is 0. The van der Waals surface area contributed by atoms with Crippen LogP contribution in [0.4, 0.5) is 0 Å². The number of nitrogens with zero attached hydrogens (tertiary/aromatic N) is 4. The summed E-state index contributed by atoms with van der Waals surface area (Å²) in [5.74, 6) is 0.709. The molecule has 0 bridgehead atoms. The Morgan fingerprint density at radius 3 is 2.54 bits per heavy atom.